The van der Waals surface area contributed by atoms with E-state index in [1.54, 1.807) is 6.92 Å². The number of benzene rings is 1. The van der Waals surface area contributed by atoms with Crippen LogP contribution in [0.4, 0.5) is 0 Å². The standard InChI is InChI=1S/C17H18N4O/c1-11-13(19-10-18-11)9-21-8-7-15-16(17(21)22)12-5-3-4-6-14(12)20(15)2/h3-6,10H,7-9H2,1-2H3,(H,18,19)/i2D3,3D,4D,5D,6D,9D2. The number of aromatic amines is 1. The zero-order valence-electron chi connectivity index (χ0n) is 20.7. The molecule has 0 fully saturated rings. The first-order valence-electron chi connectivity index (χ1n) is 11.3. The summed E-state index contributed by atoms with van der Waals surface area (Å²) in [7, 11) is 0. The summed E-state index contributed by atoms with van der Waals surface area (Å²) in [6.45, 7) is -3.66. The summed E-state index contributed by atoms with van der Waals surface area (Å²) in [5, 5.41) is -0.219. The lowest BCUT2D eigenvalue weighted by atomic mass is 10.0. The Bertz CT molecular complexity index is 1240. The van der Waals surface area contributed by atoms with Crippen LogP contribution in [0.5, 0.6) is 0 Å². The minimum absolute atomic E-state index is 0.0413. The van der Waals surface area contributed by atoms with Gasteiger partial charge in [0.25, 0.3) is 5.91 Å². The van der Waals surface area contributed by atoms with E-state index in [1.807, 2.05) is 0 Å². The van der Waals surface area contributed by atoms with Gasteiger partial charge in [0.1, 0.15) is 0 Å². The fraction of sp³-hybridized carbons (Fsp3) is 0.294. The molecule has 0 spiro atoms. The van der Waals surface area contributed by atoms with Crippen LogP contribution in [0.15, 0.2) is 30.5 Å². The maximum Gasteiger partial charge on any atom is 0.256 e. The number of nitrogens with zero attached hydrogens (tertiary/aromatic N) is 3. The first-order chi connectivity index (χ1) is 14.3. The molecule has 0 atom stereocenters. The van der Waals surface area contributed by atoms with E-state index in [4.69, 9.17) is 12.3 Å². The Hall–Kier alpha value is -2.56. The van der Waals surface area contributed by atoms with Gasteiger partial charge in [-0.2, -0.15) is 0 Å². The molecule has 5 heteroatoms. The predicted octanol–water partition coefficient (Wildman–Crippen LogP) is 2.41. The molecule has 5 nitrogen and oxygen atoms in total. The van der Waals surface area contributed by atoms with E-state index in [0.717, 1.165) is 9.47 Å². The normalized spacial score (nSPS) is 21.8. The van der Waals surface area contributed by atoms with Crippen LogP contribution >= 0.6 is 0 Å². The van der Waals surface area contributed by atoms with Crippen molar-refractivity contribution in [1.82, 2.24) is 19.4 Å². The number of H-pyrrole nitrogens is 1. The number of amides is 1. The first-order valence-corrected chi connectivity index (χ1v) is 6.76. The lowest BCUT2D eigenvalue weighted by Gasteiger charge is -2.27. The van der Waals surface area contributed by atoms with Crippen LogP contribution in [0.2, 0.25) is 0 Å². The highest BCUT2D eigenvalue weighted by Gasteiger charge is 2.30. The van der Waals surface area contributed by atoms with E-state index in [1.165, 1.54) is 6.33 Å². The number of hydrogen-bond acceptors (Lipinski definition) is 2. The van der Waals surface area contributed by atoms with Crippen molar-refractivity contribution in [1.29, 1.82) is 0 Å². The Morgan fingerprint density at radius 1 is 1.50 bits per heavy atom. The molecule has 0 aliphatic carbocycles. The average Bonchev–Trinajstić information content (AvgIpc) is 3.26. The van der Waals surface area contributed by atoms with Crippen LogP contribution in [-0.2, 0) is 19.9 Å². The van der Waals surface area contributed by atoms with E-state index in [9.17, 15) is 4.79 Å². The average molecular weight is 303 g/mol. The number of nitrogens with one attached hydrogen (secondary N) is 1. The van der Waals surface area contributed by atoms with Gasteiger partial charge in [-0.15, -0.1) is 0 Å². The monoisotopic (exact) mass is 303 g/mol. The highest BCUT2D eigenvalue weighted by atomic mass is 16.2. The molecule has 0 bridgehead atoms. The second-order valence-corrected chi connectivity index (χ2v) is 5.06. The van der Waals surface area contributed by atoms with Crippen LogP contribution in [-0.4, -0.2) is 31.9 Å². The number of aromatic nitrogens is 3. The highest BCUT2D eigenvalue weighted by molar-refractivity contribution is 6.09. The Kier molecular flexibility index (Phi) is 1.44. The van der Waals surface area contributed by atoms with Gasteiger partial charge < -0.3 is 14.5 Å². The molecule has 0 saturated heterocycles. The third kappa shape index (κ3) is 1.78. The maximum atomic E-state index is 13.5. The van der Waals surface area contributed by atoms with E-state index in [0.29, 0.717) is 5.69 Å². The minimum Gasteiger partial charge on any atom is -0.347 e. The fourth-order valence-corrected chi connectivity index (χ4v) is 2.68. The molecule has 1 aliphatic rings. The lowest BCUT2D eigenvalue weighted by molar-refractivity contribution is 0.0725. The SMILES string of the molecule is [2H]c1c([2H])c([2H])c2c(c1[2H])c1c(n2C([2H])([2H])[2H])CCN(C([2H])([2H])c2[nH]cnc2C)C1=O. The van der Waals surface area contributed by atoms with E-state index >= 15 is 0 Å². The molecular weight excluding hydrogens is 276 g/mol. The van der Waals surface area contributed by atoms with Gasteiger partial charge in [-0.1, -0.05) is 18.1 Å². The molecular formula is C17H18N4O. The van der Waals surface area contributed by atoms with Crippen molar-refractivity contribution in [2.45, 2.75) is 19.8 Å². The zero-order valence-corrected chi connectivity index (χ0v) is 11.7. The number of imidazole rings is 1. The van der Waals surface area contributed by atoms with Crippen molar-refractivity contribution in [2.75, 3.05) is 6.54 Å². The van der Waals surface area contributed by atoms with Crippen molar-refractivity contribution in [2.24, 2.45) is 6.98 Å². The smallest absolute Gasteiger partial charge is 0.256 e. The molecule has 4 rings (SSSR count). The van der Waals surface area contributed by atoms with Crippen molar-refractivity contribution >= 4 is 16.8 Å². The lowest BCUT2D eigenvalue weighted by Crippen LogP contribution is -2.37. The van der Waals surface area contributed by atoms with Crippen LogP contribution in [0.25, 0.3) is 10.9 Å². The Morgan fingerprint density at radius 2 is 2.36 bits per heavy atom. The fourth-order valence-electron chi connectivity index (χ4n) is 2.68. The number of hydrogen-bond donors (Lipinski definition) is 1. The molecule has 0 unspecified atom stereocenters. The molecule has 1 N–H and O–H groups in total. The second kappa shape index (κ2) is 4.73. The number of carbonyl (C=O) groups is 1. The Morgan fingerprint density at radius 3 is 3.14 bits per heavy atom. The number of para-hydroxylation sites is 1. The molecule has 112 valence electrons. The van der Waals surface area contributed by atoms with Crippen LogP contribution < -0.4 is 0 Å². The van der Waals surface area contributed by atoms with E-state index < -0.39 is 43.5 Å². The molecule has 3 aromatic rings. The predicted molar refractivity (Wildman–Crippen MR) is 84.7 cm³/mol. The van der Waals surface area contributed by atoms with Gasteiger partial charge in [0, 0.05) is 40.7 Å². The second-order valence-electron chi connectivity index (χ2n) is 5.06. The van der Waals surface area contributed by atoms with Crippen molar-refractivity contribution in [3.05, 3.63) is 53.1 Å². The van der Waals surface area contributed by atoms with Crippen molar-refractivity contribution in [3.8, 4) is 0 Å². The first kappa shape index (κ1) is 6.69. The van der Waals surface area contributed by atoms with Gasteiger partial charge in [0.05, 0.1) is 38.0 Å². The van der Waals surface area contributed by atoms with Gasteiger partial charge in [-0.3, -0.25) is 4.79 Å². The van der Waals surface area contributed by atoms with Crippen LogP contribution in [0.1, 0.15) is 39.8 Å². The minimum atomic E-state index is -2.80. The van der Waals surface area contributed by atoms with Crippen molar-refractivity contribution < 1.29 is 17.1 Å². The number of aryl methyl sites for hydroxylation is 2. The number of carbonyl (C=O) groups excluding carboxylic acids is 1. The summed E-state index contributed by atoms with van der Waals surface area (Å²) in [5.74, 6) is -0.849. The molecule has 1 aromatic carbocycles. The van der Waals surface area contributed by atoms with Gasteiger partial charge in [-0.25, -0.2) is 4.98 Å². The molecule has 0 saturated carbocycles. The third-order valence-electron chi connectivity index (χ3n) is 3.81. The summed E-state index contributed by atoms with van der Waals surface area (Å²) in [6, 6.07) is -2.30. The topological polar surface area (TPSA) is 53.9 Å². The summed E-state index contributed by atoms with van der Waals surface area (Å²) < 4.78 is 74.1. The molecule has 2 aromatic heterocycles. The summed E-state index contributed by atoms with van der Waals surface area (Å²) >= 11 is 0. The summed E-state index contributed by atoms with van der Waals surface area (Å²) in [4.78, 5) is 21.1. The van der Waals surface area contributed by atoms with Crippen molar-refractivity contribution in [3.63, 3.8) is 0 Å². The summed E-state index contributed by atoms with van der Waals surface area (Å²) in [6.07, 6.45) is 1.26. The number of rotatable bonds is 2. The third-order valence-corrected chi connectivity index (χ3v) is 3.81. The zero-order chi connectivity index (χ0) is 23.0. The molecule has 3 heterocycles. The Balaban J connectivity index is 2.04. The van der Waals surface area contributed by atoms with Gasteiger partial charge in [0.15, 0.2) is 0 Å². The molecule has 22 heavy (non-hydrogen) atoms. The van der Waals surface area contributed by atoms with Gasteiger partial charge in [-0.05, 0) is 13.0 Å². The molecule has 0 radical (unpaired) electrons. The largest absolute Gasteiger partial charge is 0.347 e. The van der Waals surface area contributed by atoms with Crippen LogP contribution in [0, 0.1) is 6.92 Å². The van der Waals surface area contributed by atoms with Gasteiger partial charge in [0.2, 0.25) is 0 Å². The molecule has 1 amide bonds. The quantitative estimate of drug-likeness (QED) is 0.790. The maximum absolute atomic E-state index is 13.5. The number of fused-ring (bicyclic) bond motifs is 3. The van der Waals surface area contributed by atoms with E-state index in [2.05, 4.69) is 9.97 Å². The Labute approximate surface area is 141 Å². The highest BCUT2D eigenvalue weighted by Crippen LogP contribution is 2.30. The summed E-state index contributed by atoms with van der Waals surface area (Å²) in [5.41, 5.74) is -0.0310. The van der Waals surface area contributed by atoms with Crippen LogP contribution in [0.3, 0.4) is 0 Å². The van der Waals surface area contributed by atoms with Gasteiger partial charge >= 0.3 is 0 Å². The molecule has 1 aliphatic heterocycles. The van der Waals surface area contributed by atoms with E-state index in [-0.39, 0.29) is 40.8 Å².